The molecule has 0 saturated carbocycles. The van der Waals surface area contributed by atoms with E-state index in [1.165, 1.54) is 0 Å². The topological polar surface area (TPSA) is 91.6 Å². The van der Waals surface area contributed by atoms with E-state index in [4.69, 9.17) is 14.7 Å². The van der Waals surface area contributed by atoms with Gasteiger partial charge in [-0.2, -0.15) is 5.26 Å². The van der Waals surface area contributed by atoms with Gasteiger partial charge in [-0.05, 0) is 44.2 Å². The molecule has 25 heavy (non-hydrogen) atoms. The Balaban J connectivity index is 1.88. The third kappa shape index (κ3) is 3.42. The average Bonchev–Trinajstić information content (AvgIpc) is 2.59. The highest BCUT2D eigenvalue weighted by molar-refractivity contribution is 5.71. The summed E-state index contributed by atoms with van der Waals surface area (Å²) in [5.74, 6) is 0.908. The van der Waals surface area contributed by atoms with Gasteiger partial charge in [-0.1, -0.05) is 18.2 Å². The normalized spacial score (nSPS) is 20.6. The van der Waals surface area contributed by atoms with Gasteiger partial charge in [0, 0.05) is 5.56 Å². The van der Waals surface area contributed by atoms with Crippen LogP contribution >= 0.6 is 0 Å². The van der Waals surface area contributed by atoms with Gasteiger partial charge in [0.15, 0.2) is 0 Å². The van der Waals surface area contributed by atoms with Crippen LogP contribution in [-0.4, -0.2) is 22.9 Å². The number of amides is 1. The number of hydrogen-bond donors (Lipinski definition) is 2. The fraction of sp³-hybridized carbons (Fsp3) is 0.263. The maximum atomic E-state index is 12.3. The van der Waals surface area contributed by atoms with Crippen LogP contribution in [0.4, 0.5) is 4.79 Å². The molecule has 2 N–H and O–H groups in total. The van der Waals surface area contributed by atoms with Crippen LogP contribution in [0.2, 0.25) is 0 Å². The zero-order valence-electron chi connectivity index (χ0n) is 13.9. The Kier molecular flexibility index (Phi) is 4.34. The minimum atomic E-state index is -1.02. The number of nitrogens with zero attached hydrogens (tertiary/aromatic N) is 1. The standard InChI is InChI=1S/C19H18N2O4/c1-19(2)17(22)16(14-10-12(11-20)8-9-15(14)25-19)21-18(23)24-13-6-4-3-5-7-13/h3-10,16-17,22H,1-2H3,(H,21,23)/t16-,17+/m1/s1. The smallest absolute Gasteiger partial charge is 0.413 e. The Morgan fingerprint density at radius 3 is 2.68 bits per heavy atom. The van der Waals surface area contributed by atoms with Crippen molar-refractivity contribution in [3.8, 4) is 17.6 Å². The number of benzene rings is 2. The molecular weight excluding hydrogens is 320 g/mol. The molecule has 0 saturated heterocycles. The lowest BCUT2D eigenvalue weighted by Gasteiger charge is -2.42. The lowest BCUT2D eigenvalue weighted by Crippen LogP contribution is -2.53. The maximum absolute atomic E-state index is 12.3. The van der Waals surface area contributed by atoms with Gasteiger partial charge in [0.2, 0.25) is 0 Å². The number of rotatable bonds is 2. The second-order valence-corrected chi connectivity index (χ2v) is 6.34. The monoisotopic (exact) mass is 338 g/mol. The molecule has 128 valence electrons. The van der Waals surface area contributed by atoms with Crippen LogP contribution in [0.1, 0.15) is 31.0 Å². The van der Waals surface area contributed by atoms with Crippen molar-refractivity contribution in [3.05, 3.63) is 59.7 Å². The number of carbonyl (C=O) groups is 1. The zero-order valence-corrected chi connectivity index (χ0v) is 13.9. The van der Waals surface area contributed by atoms with Crippen molar-refractivity contribution in [2.45, 2.75) is 31.6 Å². The number of aliphatic hydroxyl groups excluding tert-OH is 1. The highest BCUT2D eigenvalue weighted by Crippen LogP contribution is 2.40. The molecule has 0 radical (unpaired) electrons. The molecule has 2 atom stereocenters. The molecule has 2 aromatic carbocycles. The molecule has 6 heteroatoms. The van der Waals surface area contributed by atoms with E-state index in [9.17, 15) is 9.90 Å². The fourth-order valence-corrected chi connectivity index (χ4v) is 2.78. The van der Waals surface area contributed by atoms with Crippen molar-refractivity contribution >= 4 is 6.09 Å². The number of nitrogens with one attached hydrogen (secondary N) is 1. The summed E-state index contributed by atoms with van der Waals surface area (Å²) < 4.78 is 11.0. The van der Waals surface area contributed by atoms with E-state index in [1.54, 1.807) is 56.3 Å². The predicted molar refractivity (Wildman–Crippen MR) is 90.2 cm³/mol. The highest BCUT2D eigenvalue weighted by atomic mass is 16.6. The molecule has 0 spiro atoms. The Morgan fingerprint density at radius 1 is 1.28 bits per heavy atom. The largest absolute Gasteiger partial charge is 0.485 e. The molecule has 3 rings (SSSR count). The fourth-order valence-electron chi connectivity index (χ4n) is 2.78. The summed E-state index contributed by atoms with van der Waals surface area (Å²) >= 11 is 0. The van der Waals surface area contributed by atoms with E-state index in [0.717, 1.165) is 0 Å². The van der Waals surface area contributed by atoms with Gasteiger partial charge in [-0.15, -0.1) is 0 Å². The summed E-state index contributed by atoms with van der Waals surface area (Å²) in [6.45, 7) is 3.46. The second kappa shape index (κ2) is 6.46. The first-order valence-electron chi connectivity index (χ1n) is 7.85. The van der Waals surface area contributed by atoms with Crippen molar-refractivity contribution in [1.82, 2.24) is 5.32 Å². The summed E-state index contributed by atoms with van der Waals surface area (Å²) in [7, 11) is 0. The first-order valence-corrected chi connectivity index (χ1v) is 7.85. The predicted octanol–water partition coefficient (Wildman–Crippen LogP) is 2.92. The maximum Gasteiger partial charge on any atom is 0.413 e. The lowest BCUT2D eigenvalue weighted by atomic mass is 9.86. The first-order chi connectivity index (χ1) is 11.9. The summed E-state index contributed by atoms with van der Waals surface area (Å²) in [6, 6.07) is 14.8. The number of carbonyl (C=O) groups excluding carboxylic acids is 1. The van der Waals surface area contributed by atoms with Gasteiger partial charge in [-0.3, -0.25) is 0 Å². The summed E-state index contributed by atoms with van der Waals surface area (Å²) in [6.07, 6.45) is -1.71. The molecular formula is C19H18N2O4. The Hall–Kier alpha value is -3.04. The molecule has 0 bridgehead atoms. The van der Waals surface area contributed by atoms with Crippen molar-refractivity contribution < 1.29 is 19.4 Å². The minimum absolute atomic E-state index is 0.395. The van der Waals surface area contributed by atoms with Crippen molar-refractivity contribution in [3.63, 3.8) is 0 Å². The highest BCUT2D eigenvalue weighted by Gasteiger charge is 2.44. The average molecular weight is 338 g/mol. The molecule has 1 aliphatic rings. The van der Waals surface area contributed by atoms with Crippen LogP contribution in [0, 0.1) is 11.3 Å². The van der Waals surface area contributed by atoms with E-state index in [0.29, 0.717) is 22.6 Å². The van der Waals surface area contributed by atoms with Gasteiger partial charge in [-0.25, -0.2) is 4.79 Å². The van der Waals surface area contributed by atoms with Gasteiger partial charge in [0.25, 0.3) is 0 Å². The number of fused-ring (bicyclic) bond motifs is 1. The molecule has 0 unspecified atom stereocenters. The number of para-hydroxylation sites is 1. The van der Waals surface area contributed by atoms with Crippen molar-refractivity contribution in [1.29, 1.82) is 5.26 Å². The molecule has 2 aromatic rings. The number of ether oxygens (including phenoxy) is 2. The van der Waals surface area contributed by atoms with Gasteiger partial charge < -0.3 is 19.9 Å². The Labute approximate surface area is 145 Å². The summed E-state index contributed by atoms with van der Waals surface area (Å²) in [4.78, 5) is 12.3. The number of aliphatic hydroxyl groups is 1. The van der Waals surface area contributed by atoms with E-state index < -0.39 is 23.8 Å². The minimum Gasteiger partial charge on any atom is -0.485 e. The summed E-state index contributed by atoms with van der Waals surface area (Å²) in [5.41, 5.74) is 0.0413. The van der Waals surface area contributed by atoms with Crippen LogP contribution in [-0.2, 0) is 0 Å². The molecule has 0 aliphatic carbocycles. The van der Waals surface area contributed by atoms with E-state index in [1.807, 2.05) is 12.1 Å². The van der Waals surface area contributed by atoms with Crippen molar-refractivity contribution in [2.24, 2.45) is 0 Å². The Bertz CT molecular complexity index is 827. The van der Waals surface area contributed by atoms with Crippen LogP contribution in [0.3, 0.4) is 0 Å². The van der Waals surface area contributed by atoms with Gasteiger partial charge in [0.1, 0.15) is 23.2 Å². The van der Waals surface area contributed by atoms with E-state index in [2.05, 4.69) is 5.32 Å². The molecule has 0 aromatic heterocycles. The van der Waals surface area contributed by atoms with Gasteiger partial charge in [0.05, 0.1) is 17.7 Å². The zero-order chi connectivity index (χ0) is 18.0. The quantitative estimate of drug-likeness (QED) is 0.878. The Morgan fingerprint density at radius 2 is 2.00 bits per heavy atom. The lowest BCUT2D eigenvalue weighted by molar-refractivity contribution is -0.0629. The number of hydrogen-bond acceptors (Lipinski definition) is 5. The van der Waals surface area contributed by atoms with Crippen LogP contribution in [0.25, 0.3) is 0 Å². The first kappa shape index (κ1) is 16.8. The van der Waals surface area contributed by atoms with Gasteiger partial charge >= 0.3 is 6.09 Å². The molecule has 0 fully saturated rings. The SMILES string of the molecule is CC1(C)Oc2ccc(C#N)cc2[C@@H](NC(=O)Oc2ccccc2)[C@@H]1O. The molecule has 1 heterocycles. The molecule has 1 aliphatic heterocycles. The number of nitriles is 1. The van der Waals surface area contributed by atoms with Crippen LogP contribution < -0.4 is 14.8 Å². The van der Waals surface area contributed by atoms with Crippen LogP contribution in [0.5, 0.6) is 11.5 Å². The van der Waals surface area contributed by atoms with E-state index >= 15 is 0 Å². The second-order valence-electron chi connectivity index (χ2n) is 6.34. The third-order valence-corrected chi connectivity index (χ3v) is 4.10. The molecule has 6 nitrogen and oxygen atoms in total. The van der Waals surface area contributed by atoms with Crippen molar-refractivity contribution in [2.75, 3.05) is 0 Å². The third-order valence-electron chi connectivity index (χ3n) is 4.10. The summed E-state index contributed by atoms with van der Waals surface area (Å²) in [5, 5.41) is 22.4. The van der Waals surface area contributed by atoms with E-state index in [-0.39, 0.29) is 0 Å². The molecule has 1 amide bonds. The van der Waals surface area contributed by atoms with Crippen LogP contribution in [0.15, 0.2) is 48.5 Å².